The Morgan fingerprint density at radius 3 is 2.24 bits per heavy atom. The predicted molar refractivity (Wildman–Crippen MR) is 99.7 cm³/mol. The molecule has 21 heavy (non-hydrogen) atoms. The first kappa shape index (κ1) is 17.2. The minimum absolute atomic E-state index is 0.485. The minimum atomic E-state index is 0.485. The van der Waals surface area contributed by atoms with Gasteiger partial charge in [-0.15, -0.1) is 0 Å². The van der Waals surface area contributed by atoms with Crippen molar-refractivity contribution in [3.8, 4) is 0 Å². The summed E-state index contributed by atoms with van der Waals surface area (Å²) in [5, 5.41) is 5.22. The molecule has 1 aliphatic rings. The largest absolute Gasteiger partial charge is 0.309 e. The first-order valence-electron chi connectivity index (χ1n) is 8.23. The lowest BCUT2D eigenvalue weighted by Crippen LogP contribution is -2.38. The standard InChI is InChI=1S/C18H29NS2/c1-5-16-18(21-12-11-20-16)17(19-6-2)15-9-7-14(8-10-15)13(3)4/h7-10,13,16-19H,5-6,11-12H2,1-4H3. The maximum atomic E-state index is 3.75. The van der Waals surface area contributed by atoms with Crippen LogP contribution in [-0.4, -0.2) is 28.6 Å². The molecule has 0 aliphatic carbocycles. The third kappa shape index (κ3) is 4.43. The zero-order valence-electron chi connectivity index (χ0n) is 13.8. The van der Waals surface area contributed by atoms with Gasteiger partial charge in [0.15, 0.2) is 0 Å². The number of benzene rings is 1. The number of rotatable bonds is 6. The number of thioether (sulfide) groups is 2. The Kier molecular flexibility index (Phi) is 6.97. The fourth-order valence-corrected chi connectivity index (χ4v) is 6.23. The van der Waals surface area contributed by atoms with Crippen molar-refractivity contribution < 1.29 is 0 Å². The maximum Gasteiger partial charge on any atom is 0.0451 e. The van der Waals surface area contributed by atoms with Gasteiger partial charge in [0, 0.05) is 28.0 Å². The smallest absolute Gasteiger partial charge is 0.0451 e. The van der Waals surface area contributed by atoms with Gasteiger partial charge in [-0.25, -0.2) is 0 Å². The third-order valence-electron chi connectivity index (χ3n) is 4.21. The Morgan fingerprint density at radius 1 is 1.05 bits per heavy atom. The summed E-state index contributed by atoms with van der Waals surface area (Å²) in [6.45, 7) is 10.1. The van der Waals surface area contributed by atoms with Gasteiger partial charge >= 0.3 is 0 Å². The van der Waals surface area contributed by atoms with Gasteiger partial charge < -0.3 is 5.32 Å². The van der Waals surface area contributed by atoms with Crippen molar-refractivity contribution in [1.82, 2.24) is 5.32 Å². The van der Waals surface area contributed by atoms with Crippen LogP contribution in [-0.2, 0) is 0 Å². The van der Waals surface area contributed by atoms with Gasteiger partial charge in [0.25, 0.3) is 0 Å². The van der Waals surface area contributed by atoms with Crippen LogP contribution in [0.15, 0.2) is 24.3 Å². The highest BCUT2D eigenvalue weighted by Crippen LogP contribution is 2.40. The summed E-state index contributed by atoms with van der Waals surface area (Å²) in [5.41, 5.74) is 2.89. The van der Waals surface area contributed by atoms with Crippen LogP contribution in [0, 0.1) is 0 Å². The predicted octanol–water partition coefficient (Wildman–Crippen LogP) is 5.09. The van der Waals surface area contributed by atoms with Crippen molar-refractivity contribution in [2.75, 3.05) is 18.1 Å². The lowest BCUT2D eigenvalue weighted by Gasteiger charge is -2.36. The van der Waals surface area contributed by atoms with E-state index in [1.165, 1.54) is 29.1 Å². The Hall–Kier alpha value is -0.120. The van der Waals surface area contributed by atoms with E-state index in [9.17, 15) is 0 Å². The lowest BCUT2D eigenvalue weighted by atomic mass is 9.96. The molecule has 3 unspecified atom stereocenters. The van der Waals surface area contributed by atoms with Gasteiger partial charge in [-0.05, 0) is 30.0 Å². The normalized spacial score (nSPS) is 24.2. The first-order chi connectivity index (χ1) is 10.2. The fourth-order valence-electron chi connectivity index (χ4n) is 2.98. The molecule has 1 fully saturated rings. The SMILES string of the molecule is CCNC(c1ccc(C(C)C)cc1)C1SCCSC1CC. The molecule has 0 spiro atoms. The zero-order valence-corrected chi connectivity index (χ0v) is 15.4. The molecule has 3 heteroatoms. The number of nitrogens with one attached hydrogen (secondary N) is 1. The van der Waals surface area contributed by atoms with Gasteiger partial charge in [0.2, 0.25) is 0 Å². The van der Waals surface area contributed by atoms with E-state index in [-0.39, 0.29) is 0 Å². The molecular weight excluding hydrogens is 294 g/mol. The summed E-state index contributed by atoms with van der Waals surface area (Å²) < 4.78 is 0. The van der Waals surface area contributed by atoms with Crippen LogP contribution < -0.4 is 5.32 Å². The highest BCUT2D eigenvalue weighted by Gasteiger charge is 2.32. The van der Waals surface area contributed by atoms with Gasteiger partial charge in [-0.3, -0.25) is 0 Å². The molecule has 1 N–H and O–H groups in total. The Labute approximate surface area is 139 Å². The van der Waals surface area contributed by atoms with E-state index < -0.39 is 0 Å². The topological polar surface area (TPSA) is 12.0 Å². The molecule has 0 aromatic heterocycles. The van der Waals surface area contributed by atoms with Gasteiger partial charge in [-0.1, -0.05) is 52.0 Å². The molecule has 0 saturated carbocycles. The van der Waals surface area contributed by atoms with Crippen molar-refractivity contribution in [1.29, 1.82) is 0 Å². The Morgan fingerprint density at radius 2 is 1.67 bits per heavy atom. The van der Waals surface area contributed by atoms with Crippen molar-refractivity contribution >= 4 is 23.5 Å². The van der Waals surface area contributed by atoms with E-state index in [2.05, 4.69) is 80.8 Å². The molecule has 2 rings (SSSR count). The van der Waals surface area contributed by atoms with Crippen molar-refractivity contribution in [3.05, 3.63) is 35.4 Å². The second kappa shape index (κ2) is 8.50. The van der Waals surface area contributed by atoms with Crippen LogP contribution in [0.25, 0.3) is 0 Å². The molecule has 1 aromatic rings. The maximum absolute atomic E-state index is 3.75. The van der Waals surface area contributed by atoms with Gasteiger partial charge in [-0.2, -0.15) is 23.5 Å². The van der Waals surface area contributed by atoms with Gasteiger partial charge in [0.1, 0.15) is 0 Å². The number of hydrogen-bond donors (Lipinski definition) is 1. The van der Waals surface area contributed by atoms with E-state index >= 15 is 0 Å². The number of hydrogen-bond acceptors (Lipinski definition) is 3. The molecule has 0 amide bonds. The summed E-state index contributed by atoms with van der Waals surface area (Å²) in [7, 11) is 0. The van der Waals surface area contributed by atoms with Crippen LogP contribution in [0.3, 0.4) is 0 Å². The van der Waals surface area contributed by atoms with Gasteiger partial charge in [0.05, 0.1) is 0 Å². The average molecular weight is 324 g/mol. The third-order valence-corrected chi connectivity index (χ3v) is 7.56. The van der Waals surface area contributed by atoms with E-state index in [4.69, 9.17) is 0 Å². The second-order valence-corrected chi connectivity index (χ2v) is 8.64. The van der Waals surface area contributed by atoms with Crippen LogP contribution in [0.4, 0.5) is 0 Å². The quantitative estimate of drug-likeness (QED) is 0.783. The van der Waals surface area contributed by atoms with Crippen LogP contribution in [0.1, 0.15) is 57.2 Å². The first-order valence-corrected chi connectivity index (χ1v) is 10.3. The van der Waals surface area contributed by atoms with Crippen LogP contribution >= 0.6 is 23.5 Å². The Balaban J connectivity index is 2.20. The molecule has 0 bridgehead atoms. The van der Waals surface area contributed by atoms with E-state index in [1.807, 2.05) is 0 Å². The highest BCUT2D eigenvalue weighted by atomic mass is 32.2. The van der Waals surface area contributed by atoms with Crippen molar-refractivity contribution in [3.63, 3.8) is 0 Å². The van der Waals surface area contributed by atoms with E-state index in [0.717, 1.165) is 11.8 Å². The second-order valence-electron chi connectivity index (χ2n) is 6.01. The van der Waals surface area contributed by atoms with Crippen molar-refractivity contribution in [2.24, 2.45) is 0 Å². The molecule has 1 aromatic carbocycles. The van der Waals surface area contributed by atoms with E-state index in [1.54, 1.807) is 0 Å². The fraction of sp³-hybridized carbons (Fsp3) is 0.667. The summed E-state index contributed by atoms with van der Waals surface area (Å²) in [6.07, 6.45) is 1.27. The van der Waals surface area contributed by atoms with Crippen LogP contribution in [0.2, 0.25) is 0 Å². The highest BCUT2D eigenvalue weighted by molar-refractivity contribution is 8.07. The zero-order chi connectivity index (χ0) is 15.2. The lowest BCUT2D eigenvalue weighted by molar-refractivity contribution is 0.512. The molecule has 1 nitrogen and oxygen atoms in total. The van der Waals surface area contributed by atoms with E-state index in [0.29, 0.717) is 17.2 Å². The molecule has 3 atom stereocenters. The monoisotopic (exact) mass is 323 g/mol. The summed E-state index contributed by atoms with van der Waals surface area (Å²) in [5.74, 6) is 3.21. The summed E-state index contributed by atoms with van der Waals surface area (Å²) in [4.78, 5) is 0. The van der Waals surface area contributed by atoms with Crippen LogP contribution in [0.5, 0.6) is 0 Å². The molecule has 1 heterocycles. The Bertz CT molecular complexity index is 416. The molecule has 1 saturated heterocycles. The molecule has 118 valence electrons. The van der Waals surface area contributed by atoms with Crippen molar-refractivity contribution in [2.45, 2.75) is 56.6 Å². The summed E-state index contributed by atoms with van der Waals surface area (Å²) in [6, 6.07) is 9.79. The average Bonchev–Trinajstić information content (AvgIpc) is 2.52. The minimum Gasteiger partial charge on any atom is -0.309 e. The molecular formula is C18H29NS2. The molecule has 0 radical (unpaired) electrons. The summed E-state index contributed by atoms with van der Waals surface area (Å²) >= 11 is 4.33. The molecule has 1 aliphatic heterocycles.